The molecule has 1 aliphatic rings. The van der Waals surface area contributed by atoms with E-state index in [1.165, 1.54) is 5.56 Å². The van der Waals surface area contributed by atoms with Gasteiger partial charge >= 0.3 is 6.09 Å². The van der Waals surface area contributed by atoms with Gasteiger partial charge in [-0.1, -0.05) is 30.3 Å². The molecule has 1 amide bonds. The highest BCUT2D eigenvalue weighted by Crippen LogP contribution is 2.17. The number of nitrogens with zero attached hydrogens (tertiary/aromatic N) is 3. The molecule has 0 saturated carbocycles. The highest BCUT2D eigenvalue weighted by Gasteiger charge is 2.18. The van der Waals surface area contributed by atoms with Crippen LogP contribution in [0.1, 0.15) is 12.5 Å². The molecule has 6 nitrogen and oxygen atoms in total. The van der Waals surface area contributed by atoms with Crippen molar-refractivity contribution in [3.05, 3.63) is 54.2 Å². The minimum Gasteiger partial charge on any atom is -0.450 e. The molecule has 1 N–H and O–H groups in total. The van der Waals surface area contributed by atoms with Crippen LogP contribution in [0.3, 0.4) is 0 Å². The minimum atomic E-state index is -0.452. The zero-order valence-electron chi connectivity index (χ0n) is 14.5. The van der Waals surface area contributed by atoms with Gasteiger partial charge in [-0.05, 0) is 24.6 Å². The van der Waals surface area contributed by atoms with E-state index in [9.17, 15) is 4.79 Å². The van der Waals surface area contributed by atoms with Crippen LogP contribution in [0.15, 0.2) is 48.7 Å². The van der Waals surface area contributed by atoms with Crippen LogP contribution < -0.4 is 10.2 Å². The molecule has 2 aromatic rings. The number of benzene rings is 1. The van der Waals surface area contributed by atoms with E-state index in [2.05, 4.69) is 44.4 Å². The minimum absolute atomic E-state index is 0.352. The van der Waals surface area contributed by atoms with Crippen LogP contribution >= 0.6 is 0 Å². The lowest BCUT2D eigenvalue weighted by Crippen LogP contribution is -2.46. The Bertz CT molecular complexity index is 668. The lowest BCUT2D eigenvalue weighted by Gasteiger charge is -2.35. The number of carbonyl (C=O) groups excluding carboxylic acids is 1. The van der Waals surface area contributed by atoms with Gasteiger partial charge in [0.2, 0.25) is 0 Å². The highest BCUT2D eigenvalue weighted by atomic mass is 16.5. The molecule has 1 aromatic carbocycles. The van der Waals surface area contributed by atoms with Gasteiger partial charge < -0.3 is 9.64 Å². The molecule has 6 heteroatoms. The number of hydrogen-bond acceptors (Lipinski definition) is 5. The largest absolute Gasteiger partial charge is 0.450 e. The number of hydrogen-bond donors (Lipinski definition) is 1. The van der Waals surface area contributed by atoms with Crippen molar-refractivity contribution in [1.29, 1.82) is 0 Å². The topological polar surface area (TPSA) is 57.7 Å². The Morgan fingerprint density at radius 1 is 1.12 bits per heavy atom. The van der Waals surface area contributed by atoms with Crippen LogP contribution in [0.4, 0.5) is 16.3 Å². The Morgan fingerprint density at radius 2 is 1.88 bits per heavy atom. The summed E-state index contributed by atoms with van der Waals surface area (Å²) in [5.74, 6) is 0.939. The van der Waals surface area contributed by atoms with E-state index in [-0.39, 0.29) is 0 Å². The van der Waals surface area contributed by atoms with Crippen molar-refractivity contribution in [2.75, 3.05) is 43.0 Å². The van der Waals surface area contributed by atoms with E-state index in [1.807, 2.05) is 18.2 Å². The van der Waals surface area contributed by atoms with Crippen molar-refractivity contribution in [1.82, 2.24) is 9.88 Å². The first-order valence-electron chi connectivity index (χ1n) is 8.65. The Hall–Kier alpha value is -2.60. The van der Waals surface area contributed by atoms with Gasteiger partial charge in [0, 0.05) is 32.7 Å². The molecule has 0 aliphatic carbocycles. The molecular weight excluding hydrogens is 316 g/mol. The number of aromatic nitrogens is 1. The van der Waals surface area contributed by atoms with Crippen molar-refractivity contribution in [3.63, 3.8) is 0 Å². The third-order valence-electron chi connectivity index (χ3n) is 4.21. The number of rotatable bonds is 5. The quantitative estimate of drug-likeness (QED) is 0.907. The zero-order valence-corrected chi connectivity index (χ0v) is 14.5. The van der Waals surface area contributed by atoms with Crippen LogP contribution in [0, 0.1) is 0 Å². The molecule has 1 saturated heterocycles. The van der Waals surface area contributed by atoms with Crippen molar-refractivity contribution in [3.8, 4) is 0 Å². The van der Waals surface area contributed by atoms with Gasteiger partial charge in [-0.25, -0.2) is 9.78 Å². The molecule has 0 bridgehead atoms. The Kier molecular flexibility index (Phi) is 5.85. The van der Waals surface area contributed by atoms with Gasteiger partial charge in [-0.3, -0.25) is 10.2 Å². The molecule has 2 heterocycles. The monoisotopic (exact) mass is 340 g/mol. The van der Waals surface area contributed by atoms with Crippen LogP contribution in [0.5, 0.6) is 0 Å². The van der Waals surface area contributed by atoms with E-state index in [4.69, 9.17) is 4.74 Å². The zero-order chi connectivity index (χ0) is 17.5. The lowest BCUT2D eigenvalue weighted by atomic mass is 10.2. The number of nitrogens with one attached hydrogen (secondary N) is 1. The Morgan fingerprint density at radius 3 is 2.52 bits per heavy atom. The van der Waals surface area contributed by atoms with Crippen LogP contribution in [0.2, 0.25) is 0 Å². The van der Waals surface area contributed by atoms with E-state index >= 15 is 0 Å². The molecule has 0 spiro atoms. The van der Waals surface area contributed by atoms with E-state index < -0.39 is 6.09 Å². The molecule has 1 aliphatic heterocycles. The summed E-state index contributed by atoms with van der Waals surface area (Å²) in [5, 5.41) is 2.66. The predicted molar refractivity (Wildman–Crippen MR) is 98.8 cm³/mol. The van der Waals surface area contributed by atoms with E-state index in [0.717, 1.165) is 38.5 Å². The molecule has 0 unspecified atom stereocenters. The summed E-state index contributed by atoms with van der Waals surface area (Å²) >= 11 is 0. The summed E-state index contributed by atoms with van der Waals surface area (Å²) < 4.78 is 4.86. The first kappa shape index (κ1) is 17.2. The fraction of sp³-hybridized carbons (Fsp3) is 0.368. The average Bonchev–Trinajstić information content (AvgIpc) is 2.64. The second kappa shape index (κ2) is 8.48. The van der Waals surface area contributed by atoms with Crippen molar-refractivity contribution in [2.45, 2.75) is 13.5 Å². The normalized spacial score (nSPS) is 15.0. The predicted octanol–water partition coefficient (Wildman–Crippen LogP) is 2.97. The summed E-state index contributed by atoms with van der Waals surface area (Å²) in [6.07, 6.45) is 1.22. The van der Waals surface area contributed by atoms with Gasteiger partial charge in [-0.15, -0.1) is 0 Å². The third-order valence-corrected chi connectivity index (χ3v) is 4.21. The molecule has 0 atom stereocenters. The van der Waals surface area contributed by atoms with Crippen molar-refractivity contribution >= 4 is 17.6 Å². The van der Waals surface area contributed by atoms with E-state index in [1.54, 1.807) is 13.1 Å². The summed E-state index contributed by atoms with van der Waals surface area (Å²) in [6.45, 7) is 7.04. The summed E-state index contributed by atoms with van der Waals surface area (Å²) in [7, 11) is 0. The molecular formula is C19H24N4O2. The second-order valence-electron chi connectivity index (χ2n) is 6.00. The first-order valence-corrected chi connectivity index (χ1v) is 8.65. The maximum Gasteiger partial charge on any atom is 0.411 e. The molecule has 0 radical (unpaired) electrons. The summed E-state index contributed by atoms with van der Waals surface area (Å²) in [6, 6.07) is 14.4. The van der Waals surface area contributed by atoms with Gasteiger partial charge in [-0.2, -0.15) is 0 Å². The summed E-state index contributed by atoms with van der Waals surface area (Å²) in [5.41, 5.74) is 1.99. The fourth-order valence-corrected chi connectivity index (χ4v) is 2.91. The highest BCUT2D eigenvalue weighted by molar-refractivity contribution is 5.84. The molecule has 132 valence electrons. The molecule has 25 heavy (non-hydrogen) atoms. The van der Waals surface area contributed by atoms with Gasteiger partial charge in [0.1, 0.15) is 5.82 Å². The number of ether oxygens (including phenoxy) is 1. The van der Waals surface area contributed by atoms with Gasteiger partial charge in [0.15, 0.2) is 0 Å². The van der Waals surface area contributed by atoms with Crippen LogP contribution in [0.25, 0.3) is 0 Å². The van der Waals surface area contributed by atoms with E-state index in [0.29, 0.717) is 12.3 Å². The standard InChI is InChI=1S/C19H24N4O2/c1-2-25-19(24)21-17-8-9-18(20-14-17)23-12-10-22(11-13-23)15-16-6-4-3-5-7-16/h3-9,14H,2,10-13,15H2,1H3,(H,21,24). The van der Waals surface area contributed by atoms with Crippen LogP contribution in [-0.4, -0.2) is 48.8 Å². The SMILES string of the molecule is CCOC(=O)Nc1ccc(N2CCN(Cc3ccccc3)CC2)nc1. The molecule has 1 aromatic heterocycles. The summed E-state index contributed by atoms with van der Waals surface area (Å²) in [4.78, 5) is 20.6. The smallest absolute Gasteiger partial charge is 0.411 e. The lowest BCUT2D eigenvalue weighted by molar-refractivity contribution is 0.168. The number of piperazine rings is 1. The van der Waals surface area contributed by atoms with Gasteiger partial charge in [0.25, 0.3) is 0 Å². The molecule has 3 rings (SSSR count). The first-order chi connectivity index (χ1) is 12.2. The second-order valence-corrected chi connectivity index (χ2v) is 6.00. The number of amides is 1. The number of anilines is 2. The maximum absolute atomic E-state index is 11.4. The average molecular weight is 340 g/mol. The van der Waals surface area contributed by atoms with Crippen molar-refractivity contribution in [2.24, 2.45) is 0 Å². The molecule has 1 fully saturated rings. The maximum atomic E-state index is 11.4. The van der Waals surface area contributed by atoms with Gasteiger partial charge in [0.05, 0.1) is 18.5 Å². The third kappa shape index (κ3) is 4.93. The van der Waals surface area contributed by atoms with Crippen molar-refractivity contribution < 1.29 is 9.53 Å². The number of pyridine rings is 1. The fourth-order valence-electron chi connectivity index (χ4n) is 2.91. The Balaban J connectivity index is 1.50. The Labute approximate surface area is 148 Å². The number of carbonyl (C=O) groups is 1. The van der Waals surface area contributed by atoms with Crippen LogP contribution in [-0.2, 0) is 11.3 Å².